The molecule has 0 heterocycles. The molecule has 0 atom stereocenters. The molecule has 1 amide bonds. The Morgan fingerprint density at radius 2 is 1.79 bits per heavy atom. The van der Waals surface area contributed by atoms with Crippen molar-refractivity contribution in [3.05, 3.63) is 59.1 Å². The Kier molecular flexibility index (Phi) is 3.97. The molecule has 6 heteroatoms. The Balaban J connectivity index is 2.09. The number of para-hydroxylation sites is 1. The zero-order valence-electron chi connectivity index (χ0n) is 9.49. The summed E-state index contributed by atoms with van der Waals surface area (Å²) in [5.74, 6) is -1.54. The number of anilines is 1. The van der Waals surface area contributed by atoms with E-state index in [0.29, 0.717) is 11.8 Å². The van der Waals surface area contributed by atoms with Gasteiger partial charge in [-0.15, -0.1) is 0 Å². The van der Waals surface area contributed by atoms with Crippen LogP contribution in [0.4, 0.5) is 19.3 Å². The molecule has 0 spiro atoms. The molecule has 0 bridgehead atoms. The largest absolute Gasteiger partial charge is 0.417 e. The fourth-order valence-corrected chi connectivity index (χ4v) is 1.51. The van der Waals surface area contributed by atoms with Gasteiger partial charge in [0, 0.05) is 6.07 Å². The number of benzene rings is 2. The third-order valence-corrected chi connectivity index (χ3v) is 2.49. The molecule has 0 aliphatic heterocycles. The fourth-order valence-electron chi connectivity index (χ4n) is 1.35. The quantitative estimate of drug-likeness (QED) is 0.838. The second-order valence-electron chi connectivity index (χ2n) is 3.57. The summed E-state index contributed by atoms with van der Waals surface area (Å²) in [4.78, 5) is 11.5. The molecule has 19 heavy (non-hydrogen) atoms. The van der Waals surface area contributed by atoms with Crippen LogP contribution in [0.25, 0.3) is 0 Å². The van der Waals surface area contributed by atoms with Crippen LogP contribution in [0.1, 0.15) is 0 Å². The maximum Gasteiger partial charge on any atom is 0.417 e. The van der Waals surface area contributed by atoms with Crippen LogP contribution < -0.4 is 10.1 Å². The molecule has 0 saturated heterocycles. The molecule has 98 valence electrons. The monoisotopic (exact) mass is 283 g/mol. The highest BCUT2D eigenvalue weighted by Crippen LogP contribution is 2.23. The summed E-state index contributed by atoms with van der Waals surface area (Å²) < 4.78 is 31.2. The van der Waals surface area contributed by atoms with Gasteiger partial charge in [-0.05, 0) is 18.2 Å². The highest BCUT2D eigenvalue weighted by Gasteiger charge is 2.12. The summed E-state index contributed by atoms with van der Waals surface area (Å²) in [6.07, 6.45) is -0.896. The minimum Gasteiger partial charge on any atom is -0.410 e. The maximum absolute atomic E-state index is 13.4. The summed E-state index contributed by atoms with van der Waals surface area (Å²) in [6, 6.07) is 9.79. The van der Waals surface area contributed by atoms with Gasteiger partial charge in [0.1, 0.15) is 17.4 Å². The number of amides is 1. The van der Waals surface area contributed by atoms with E-state index in [1.807, 2.05) is 0 Å². The average molecular weight is 284 g/mol. The molecule has 1 N–H and O–H groups in total. The van der Waals surface area contributed by atoms with Crippen molar-refractivity contribution in [2.75, 3.05) is 5.32 Å². The molecule has 0 aromatic heterocycles. The van der Waals surface area contributed by atoms with Crippen molar-refractivity contribution in [1.82, 2.24) is 0 Å². The molecule has 0 aliphatic carbocycles. The fraction of sp³-hybridized carbons (Fsp3) is 0. The van der Waals surface area contributed by atoms with Crippen molar-refractivity contribution < 1.29 is 18.3 Å². The van der Waals surface area contributed by atoms with Crippen molar-refractivity contribution in [3.63, 3.8) is 0 Å². The van der Waals surface area contributed by atoms with Crippen LogP contribution in [-0.4, -0.2) is 6.09 Å². The maximum atomic E-state index is 13.4. The van der Waals surface area contributed by atoms with Crippen molar-refractivity contribution in [3.8, 4) is 5.75 Å². The lowest BCUT2D eigenvalue weighted by Crippen LogP contribution is -2.17. The predicted octanol–water partition coefficient (Wildman–Crippen LogP) is 4.23. The molecule has 0 saturated carbocycles. The third-order valence-electron chi connectivity index (χ3n) is 2.20. The number of carbonyl (C=O) groups excluding carboxylic acids is 1. The van der Waals surface area contributed by atoms with E-state index in [9.17, 15) is 13.6 Å². The van der Waals surface area contributed by atoms with E-state index in [-0.39, 0.29) is 10.7 Å². The Morgan fingerprint density at radius 3 is 2.47 bits per heavy atom. The van der Waals surface area contributed by atoms with Gasteiger partial charge in [-0.1, -0.05) is 29.8 Å². The van der Waals surface area contributed by atoms with Gasteiger partial charge in [0.05, 0.1) is 10.7 Å². The van der Waals surface area contributed by atoms with Gasteiger partial charge >= 0.3 is 6.09 Å². The first-order valence-corrected chi connectivity index (χ1v) is 5.62. The molecule has 2 rings (SSSR count). The second-order valence-corrected chi connectivity index (χ2v) is 3.98. The zero-order valence-corrected chi connectivity index (χ0v) is 10.2. The van der Waals surface area contributed by atoms with Crippen molar-refractivity contribution >= 4 is 23.4 Å². The Labute approximate surface area is 112 Å². The molecular weight excluding hydrogens is 276 g/mol. The van der Waals surface area contributed by atoms with Gasteiger partial charge in [0.15, 0.2) is 0 Å². The van der Waals surface area contributed by atoms with E-state index >= 15 is 0 Å². The lowest BCUT2D eigenvalue weighted by molar-refractivity contribution is 0.215. The SMILES string of the molecule is O=C(Nc1cc(Cl)c(F)cc1F)Oc1ccccc1. The van der Waals surface area contributed by atoms with Crippen molar-refractivity contribution in [1.29, 1.82) is 0 Å². The number of rotatable bonds is 2. The third kappa shape index (κ3) is 3.42. The molecule has 0 radical (unpaired) electrons. The molecule has 0 unspecified atom stereocenters. The zero-order chi connectivity index (χ0) is 13.8. The number of carbonyl (C=O) groups is 1. The molecular formula is C13H8ClF2NO2. The standard InChI is InChI=1S/C13H8ClF2NO2/c14-9-6-12(11(16)7-10(9)15)17-13(18)19-8-4-2-1-3-5-8/h1-7H,(H,17,18). The summed E-state index contributed by atoms with van der Waals surface area (Å²) in [5.41, 5.74) is -0.257. The van der Waals surface area contributed by atoms with Crippen molar-refractivity contribution in [2.45, 2.75) is 0 Å². The predicted molar refractivity (Wildman–Crippen MR) is 67.5 cm³/mol. The summed E-state index contributed by atoms with van der Waals surface area (Å²) in [7, 11) is 0. The van der Waals surface area contributed by atoms with E-state index in [1.165, 1.54) is 0 Å². The Hall–Kier alpha value is -2.14. The number of hydrogen-bond acceptors (Lipinski definition) is 2. The van der Waals surface area contributed by atoms with Gasteiger partial charge in [-0.3, -0.25) is 5.32 Å². The molecule has 0 fully saturated rings. The van der Waals surface area contributed by atoms with Crippen molar-refractivity contribution in [2.24, 2.45) is 0 Å². The van der Waals surface area contributed by atoms with E-state index in [4.69, 9.17) is 16.3 Å². The van der Waals surface area contributed by atoms with Gasteiger partial charge in [-0.2, -0.15) is 0 Å². The minimum absolute atomic E-state index is 0.257. The van der Waals surface area contributed by atoms with E-state index < -0.39 is 17.7 Å². The van der Waals surface area contributed by atoms with Crippen LogP contribution in [0.2, 0.25) is 5.02 Å². The van der Waals surface area contributed by atoms with Crippen LogP contribution in [0.5, 0.6) is 5.75 Å². The topological polar surface area (TPSA) is 38.3 Å². The summed E-state index contributed by atoms with van der Waals surface area (Å²) in [6.45, 7) is 0. The van der Waals surface area contributed by atoms with Gasteiger partial charge in [0.2, 0.25) is 0 Å². The first kappa shape index (κ1) is 13.3. The summed E-state index contributed by atoms with van der Waals surface area (Å²) in [5, 5.41) is 1.84. The highest BCUT2D eigenvalue weighted by molar-refractivity contribution is 6.31. The molecule has 3 nitrogen and oxygen atoms in total. The second kappa shape index (κ2) is 5.67. The van der Waals surface area contributed by atoms with Crippen LogP contribution in [0.15, 0.2) is 42.5 Å². The van der Waals surface area contributed by atoms with E-state index in [1.54, 1.807) is 30.3 Å². The van der Waals surface area contributed by atoms with Gasteiger partial charge in [0.25, 0.3) is 0 Å². The normalized spacial score (nSPS) is 10.1. The van der Waals surface area contributed by atoms with Crippen LogP contribution in [0, 0.1) is 11.6 Å². The smallest absolute Gasteiger partial charge is 0.410 e. The van der Waals surface area contributed by atoms with Gasteiger partial charge < -0.3 is 4.74 Å². The van der Waals surface area contributed by atoms with E-state index in [2.05, 4.69) is 5.32 Å². The van der Waals surface area contributed by atoms with Crippen LogP contribution in [-0.2, 0) is 0 Å². The first-order valence-electron chi connectivity index (χ1n) is 5.24. The summed E-state index contributed by atoms with van der Waals surface area (Å²) >= 11 is 5.50. The number of nitrogens with one attached hydrogen (secondary N) is 1. The number of ether oxygens (including phenoxy) is 1. The van der Waals surface area contributed by atoms with Crippen LogP contribution >= 0.6 is 11.6 Å². The first-order chi connectivity index (χ1) is 9.06. The number of hydrogen-bond donors (Lipinski definition) is 1. The Morgan fingerprint density at radius 1 is 1.11 bits per heavy atom. The molecule has 2 aromatic rings. The van der Waals surface area contributed by atoms with E-state index in [0.717, 1.165) is 6.07 Å². The average Bonchev–Trinajstić information content (AvgIpc) is 2.37. The van der Waals surface area contributed by atoms with Gasteiger partial charge in [-0.25, -0.2) is 13.6 Å². The molecule has 0 aliphatic rings. The lowest BCUT2D eigenvalue weighted by atomic mass is 10.3. The van der Waals surface area contributed by atoms with Crippen LogP contribution in [0.3, 0.4) is 0 Å². The minimum atomic E-state index is -0.938. The lowest BCUT2D eigenvalue weighted by Gasteiger charge is -2.08. The molecule has 2 aromatic carbocycles. The number of halogens is 3. The Bertz CT molecular complexity index is 605. The highest BCUT2D eigenvalue weighted by atomic mass is 35.5.